The number of aliphatic hydroxyl groups is 1. The molecule has 6 N–H and O–H groups in total. The molecule has 3 fully saturated rings. The Morgan fingerprint density at radius 1 is 1.33 bits per heavy atom. The molecular weight excluding hydrogens is 530 g/mol. The number of aliphatic hydroxyl groups excluding tert-OH is 1. The highest BCUT2D eigenvalue weighted by atomic mass is 32.2. The number of likely N-dealkylation sites (tertiary alicyclic amines) is 1. The summed E-state index contributed by atoms with van der Waals surface area (Å²) in [6.45, 7) is 4.29. The summed E-state index contributed by atoms with van der Waals surface area (Å²) in [5.41, 5.74) is 5.98. The third-order valence-corrected chi connectivity index (χ3v) is 9.55. The third kappa shape index (κ3) is 5.01. The fourth-order valence-corrected chi connectivity index (χ4v) is 7.72. The molecule has 8 atom stereocenters. The Hall–Kier alpha value is -3.08. The van der Waals surface area contributed by atoms with E-state index in [4.69, 9.17) is 5.73 Å². The van der Waals surface area contributed by atoms with Gasteiger partial charge in [0.2, 0.25) is 17.7 Å². The topological polar surface area (TPSA) is 209 Å². The van der Waals surface area contributed by atoms with Gasteiger partial charge in [-0.2, -0.15) is 0 Å². The van der Waals surface area contributed by atoms with Gasteiger partial charge >= 0.3 is 5.97 Å². The number of thioether (sulfide) groups is 1. The molecule has 39 heavy (non-hydrogen) atoms. The molecule has 16 heteroatoms. The maximum absolute atomic E-state index is 13.1. The molecule has 0 aliphatic carbocycles. The Morgan fingerprint density at radius 3 is 2.77 bits per heavy atom. The van der Waals surface area contributed by atoms with E-state index in [-0.39, 0.29) is 59.8 Å². The van der Waals surface area contributed by atoms with Crippen LogP contribution in [-0.4, -0.2) is 119 Å². The van der Waals surface area contributed by atoms with Crippen LogP contribution in [0.25, 0.3) is 0 Å². The summed E-state index contributed by atoms with van der Waals surface area (Å²) in [4.78, 5) is 54.6. The van der Waals surface area contributed by atoms with E-state index in [1.165, 1.54) is 27.7 Å². The van der Waals surface area contributed by atoms with Gasteiger partial charge in [-0.15, -0.1) is 16.9 Å². The fraction of sp³-hybridized carbons (Fsp3) is 0.696. The summed E-state index contributed by atoms with van der Waals surface area (Å²) in [7, 11) is 0. The molecule has 0 radical (unpaired) electrons. The zero-order chi connectivity index (χ0) is 28.0. The van der Waals surface area contributed by atoms with Crippen LogP contribution < -0.4 is 16.4 Å². The van der Waals surface area contributed by atoms with E-state index in [2.05, 4.69) is 26.2 Å². The molecule has 0 spiro atoms. The molecule has 1 unspecified atom stereocenters. The van der Waals surface area contributed by atoms with Crippen LogP contribution in [0.5, 0.6) is 0 Å². The Bertz CT molecular complexity index is 1180. The Labute approximate surface area is 228 Å². The van der Waals surface area contributed by atoms with Crippen LogP contribution in [0.3, 0.4) is 0 Å². The molecule has 0 bridgehead atoms. The lowest BCUT2D eigenvalue weighted by Crippen LogP contribution is -2.66. The predicted octanol–water partition coefficient (Wildman–Crippen LogP) is -2.67. The molecule has 1 aromatic heterocycles. The number of fused-ring (bicyclic) bond motifs is 1. The average Bonchev–Trinajstić information content (AvgIpc) is 3.67. The summed E-state index contributed by atoms with van der Waals surface area (Å²) in [6.07, 6.45) is 2.36. The number of nitrogens with one attached hydrogen (secondary N) is 2. The van der Waals surface area contributed by atoms with Gasteiger partial charge in [-0.1, -0.05) is 6.92 Å². The molecule has 3 amide bonds. The Balaban J connectivity index is 1.23. The van der Waals surface area contributed by atoms with Gasteiger partial charge in [-0.25, -0.2) is 9.48 Å². The van der Waals surface area contributed by atoms with Crippen LogP contribution in [0, 0.1) is 11.8 Å². The van der Waals surface area contributed by atoms with Gasteiger partial charge < -0.3 is 36.4 Å². The number of aliphatic carboxylic acids is 1. The number of rotatable bonds is 9. The van der Waals surface area contributed by atoms with Gasteiger partial charge in [0.15, 0.2) is 0 Å². The number of nitrogens with two attached hydrogens (primary N) is 1. The van der Waals surface area contributed by atoms with Gasteiger partial charge in [-0.05, 0) is 30.2 Å². The average molecular weight is 564 g/mol. The van der Waals surface area contributed by atoms with Crippen molar-refractivity contribution in [1.29, 1.82) is 0 Å². The Kier molecular flexibility index (Phi) is 7.63. The second-order valence-electron chi connectivity index (χ2n) is 10.7. The smallest absolute Gasteiger partial charge is 0.353 e. The van der Waals surface area contributed by atoms with Crippen molar-refractivity contribution in [2.75, 3.05) is 19.7 Å². The predicted molar refractivity (Wildman–Crippen MR) is 136 cm³/mol. The molecule has 212 valence electrons. The van der Waals surface area contributed by atoms with E-state index in [0.29, 0.717) is 30.8 Å². The SMILES string of the molecule is C[C@@H](NC(=O)Cn1cnnn1)[C@H]1C(=O)N2C(C(=O)O)=C(S[C@@H]3CNC(C(=O)N4C[C@@H](N)C[C@H]4CO)C3)[C@H](C)[C@@H]12. The highest BCUT2D eigenvalue weighted by Crippen LogP contribution is 2.51. The molecule has 4 aliphatic heterocycles. The van der Waals surface area contributed by atoms with Crippen LogP contribution in [0.4, 0.5) is 0 Å². The number of carboxylic acid groups (broad SMARTS) is 1. The number of aromatic nitrogens is 4. The molecule has 0 saturated carbocycles. The zero-order valence-corrected chi connectivity index (χ0v) is 22.5. The minimum absolute atomic E-state index is 0.0217. The van der Waals surface area contributed by atoms with Crippen molar-refractivity contribution in [2.24, 2.45) is 17.6 Å². The normalized spacial score (nSPS) is 32.8. The minimum Gasteiger partial charge on any atom is -0.477 e. The first-order valence-corrected chi connectivity index (χ1v) is 13.9. The zero-order valence-electron chi connectivity index (χ0n) is 21.6. The molecule has 5 rings (SSSR count). The lowest BCUT2D eigenvalue weighted by Gasteiger charge is -2.47. The molecule has 4 aliphatic rings. The van der Waals surface area contributed by atoms with Crippen LogP contribution in [0.1, 0.15) is 26.7 Å². The van der Waals surface area contributed by atoms with Gasteiger partial charge in [-0.3, -0.25) is 14.4 Å². The maximum Gasteiger partial charge on any atom is 0.353 e. The largest absolute Gasteiger partial charge is 0.477 e. The number of amides is 3. The number of hydrogen-bond donors (Lipinski definition) is 5. The van der Waals surface area contributed by atoms with Crippen molar-refractivity contribution in [1.82, 2.24) is 40.6 Å². The quantitative estimate of drug-likeness (QED) is 0.195. The number of nitrogens with zero attached hydrogens (tertiary/aromatic N) is 6. The Morgan fingerprint density at radius 2 is 2.10 bits per heavy atom. The first-order chi connectivity index (χ1) is 18.6. The van der Waals surface area contributed by atoms with Crippen molar-refractivity contribution < 1.29 is 29.4 Å². The number of hydrogen-bond acceptors (Lipinski definition) is 11. The number of β-lactam (4-membered cyclic amide) rings is 1. The first-order valence-electron chi connectivity index (χ1n) is 13.0. The number of carboxylic acids is 1. The lowest BCUT2D eigenvalue weighted by molar-refractivity contribution is -0.158. The van der Waals surface area contributed by atoms with Crippen molar-refractivity contribution in [2.45, 2.75) is 68.7 Å². The molecule has 1 aromatic rings. The summed E-state index contributed by atoms with van der Waals surface area (Å²) >= 11 is 1.39. The highest BCUT2D eigenvalue weighted by molar-refractivity contribution is 8.03. The second kappa shape index (κ2) is 10.8. The monoisotopic (exact) mass is 563 g/mol. The first kappa shape index (κ1) is 27.5. The molecule has 15 nitrogen and oxygen atoms in total. The van der Waals surface area contributed by atoms with Crippen LogP contribution >= 0.6 is 11.8 Å². The van der Waals surface area contributed by atoms with Gasteiger partial charge in [0.05, 0.1) is 30.7 Å². The summed E-state index contributed by atoms with van der Waals surface area (Å²) in [5, 5.41) is 36.3. The van der Waals surface area contributed by atoms with Crippen LogP contribution in [-0.2, 0) is 25.7 Å². The molecule has 0 aromatic carbocycles. The van der Waals surface area contributed by atoms with E-state index in [1.807, 2.05) is 6.92 Å². The van der Waals surface area contributed by atoms with Crippen molar-refractivity contribution >= 4 is 35.5 Å². The summed E-state index contributed by atoms with van der Waals surface area (Å²) in [6, 6.07) is -1.82. The molecular formula is C23H33N9O6S. The maximum atomic E-state index is 13.1. The number of carbonyl (C=O) groups is 4. The lowest BCUT2D eigenvalue weighted by atomic mass is 9.78. The fourth-order valence-electron chi connectivity index (χ4n) is 6.24. The minimum atomic E-state index is -1.18. The van der Waals surface area contributed by atoms with E-state index in [1.54, 1.807) is 11.8 Å². The van der Waals surface area contributed by atoms with Crippen LogP contribution in [0.15, 0.2) is 16.9 Å². The third-order valence-electron chi connectivity index (χ3n) is 8.04. The highest BCUT2D eigenvalue weighted by Gasteiger charge is 2.60. The van der Waals surface area contributed by atoms with Gasteiger partial charge in [0.25, 0.3) is 0 Å². The second-order valence-corrected chi connectivity index (χ2v) is 12.0. The van der Waals surface area contributed by atoms with E-state index >= 15 is 0 Å². The summed E-state index contributed by atoms with van der Waals surface area (Å²) in [5.74, 6) is -2.81. The standard InChI is InChI=1S/C23H33N9O6S/c1-10-18-17(11(2)27-16(34)7-30-9-26-28-29-30)22(36)32(18)19(23(37)38)20(10)39-14-4-15(25-5-14)21(35)31-6-12(24)3-13(31)8-33/h9-15,17-18,25,33H,3-8,24H2,1-2H3,(H,27,34)(H,37,38)/t10-,11-,12+,13+,14+,15?,17-,18+/m1/s1. The van der Waals surface area contributed by atoms with Crippen molar-refractivity contribution in [3.05, 3.63) is 16.9 Å². The van der Waals surface area contributed by atoms with Gasteiger partial charge in [0.1, 0.15) is 18.6 Å². The van der Waals surface area contributed by atoms with E-state index < -0.39 is 30.0 Å². The number of tetrazole rings is 1. The summed E-state index contributed by atoms with van der Waals surface area (Å²) < 4.78 is 1.27. The van der Waals surface area contributed by atoms with Gasteiger partial charge in [0, 0.05) is 41.2 Å². The molecule has 3 saturated heterocycles. The molecule has 5 heterocycles. The number of carbonyl (C=O) groups excluding carboxylic acids is 3. The van der Waals surface area contributed by atoms with Crippen molar-refractivity contribution in [3.63, 3.8) is 0 Å². The van der Waals surface area contributed by atoms with E-state index in [9.17, 15) is 29.4 Å². The van der Waals surface area contributed by atoms with Crippen molar-refractivity contribution in [3.8, 4) is 0 Å². The van der Waals surface area contributed by atoms with E-state index in [0.717, 1.165) is 0 Å². The van der Waals surface area contributed by atoms with Crippen LogP contribution in [0.2, 0.25) is 0 Å².